The third-order valence-electron chi connectivity index (χ3n) is 3.70. The van der Waals surface area contributed by atoms with Crippen molar-refractivity contribution in [3.63, 3.8) is 0 Å². The molecule has 1 unspecified atom stereocenters. The van der Waals surface area contributed by atoms with E-state index in [4.69, 9.17) is 10.5 Å². The number of ether oxygens (including phenoxy) is 1. The highest BCUT2D eigenvalue weighted by molar-refractivity contribution is 5.36. The number of methoxy groups -OCH3 is 1. The molecule has 1 aliphatic rings. The maximum atomic E-state index is 5.71. The number of hydrogen-bond acceptors (Lipinski definition) is 2. The number of rotatable bonds is 5. The van der Waals surface area contributed by atoms with Gasteiger partial charge in [-0.05, 0) is 36.4 Å². The van der Waals surface area contributed by atoms with Crippen LogP contribution in [0.25, 0.3) is 0 Å². The molecule has 1 aromatic rings. The summed E-state index contributed by atoms with van der Waals surface area (Å²) in [6.45, 7) is 3.73. The van der Waals surface area contributed by atoms with Gasteiger partial charge in [0.05, 0.1) is 6.61 Å². The summed E-state index contributed by atoms with van der Waals surface area (Å²) in [6, 6.07) is 8.85. The van der Waals surface area contributed by atoms with Crippen molar-refractivity contribution in [1.82, 2.24) is 0 Å². The Labute approximate surface area is 97.8 Å². The second-order valence-corrected chi connectivity index (χ2v) is 4.98. The molecule has 2 nitrogen and oxygen atoms in total. The van der Waals surface area contributed by atoms with Crippen molar-refractivity contribution in [2.24, 2.45) is 5.73 Å². The van der Waals surface area contributed by atoms with Gasteiger partial charge in [0, 0.05) is 12.5 Å². The van der Waals surface area contributed by atoms with E-state index in [2.05, 4.69) is 31.2 Å². The van der Waals surface area contributed by atoms with E-state index in [9.17, 15) is 0 Å². The van der Waals surface area contributed by atoms with Gasteiger partial charge in [0.15, 0.2) is 0 Å². The Morgan fingerprint density at radius 1 is 1.44 bits per heavy atom. The van der Waals surface area contributed by atoms with Gasteiger partial charge in [0.25, 0.3) is 0 Å². The third kappa shape index (κ3) is 2.13. The topological polar surface area (TPSA) is 35.2 Å². The molecule has 0 spiro atoms. The highest BCUT2D eigenvalue weighted by Gasteiger charge is 2.44. The molecule has 0 amide bonds. The Hall–Kier alpha value is -0.860. The third-order valence-corrected chi connectivity index (χ3v) is 3.70. The van der Waals surface area contributed by atoms with Crippen molar-refractivity contribution in [1.29, 1.82) is 0 Å². The lowest BCUT2D eigenvalue weighted by Crippen LogP contribution is -2.15. The molecule has 1 aromatic carbocycles. The van der Waals surface area contributed by atoms with Crippen LogP contribution in [0.2, 0.25) is 0 Å². The first-order valence-electron chi connectivity index (χ1n) is 6.01. The molecule has 0 saturated heterocycles. The lowest BCUT2D eigenvalue weighted by atomic mass is 9.91. The highest BCUT2D eigenvalue weighted by atomic mass is 16.5. The van der Waals surface area contributed by atoms with Gasteiger partial charge >= 0.3 is 0 Å². The minimum absolute atomic E-state index is 0.305. The van der Waals surface area contributed by atoms with Crippen LogP contribution in [0.1, 0.15) is 36.8 Å². The summed E-state index contributed by atoms with van der Waals surface area (Å²) in [5.74, 6) is 0.443. The summed E-state index contributed by atoms with van der Waals surface area (Å²) in [6.07, 6.45) is 2.50. The van der Waals surface area contributed by atoms with Crippen LogP contribution in [0, 0.1) is 0 Å². The second kappa shape index (κ2) is 4.56. The second-order valence-electron chi connectivity index (χ2n) is 4.98. The van der Waals surface area contributed by atoms with Gasteiger partial charge in [0.1, 0.15) is 0 Å². The molecule has 0 aliphatic heterocycles. The fraction of sp³-hybridized carbons (Fsp3) is 0.571. The molecule has 0 radical (unpaired) electrons. The molecular weight excluding hydrogens is 198 g/mol. The summed E-state index contributed by atoms with van der Waals surface area (Å²) >= 11 is 0. The number of benzene rings is 1. The molecule has 1 aliphatic carbocycles. The van der Waals surface area contributed by atoms with Gasteiger partial charge in [0.2, 0.25) is 0 Å². The monoisotopic (exact) mass is 219 g/mol. The largest absolute Gasteiger partial charge is 0.384 e. The first kappa shape index (κ1) is 11.6. The van der Waals surface area contributed by atoms with Crippen LogP contribution in [0.3, 0.4) is 0 Å². The first-order chi connectivity index (χ1) is 7.72. The minimum atomic E-state index is 0.305. The summed E-state index contributed by atoms with van der Waals surface area (Å²) < 4.78 is 5.33. The molecule has 2 heteroatoms. The van der Waals surface area contributed by atoms with Crippen molar-refractivity contribution < 1.29 is 4.74 Å². The normalized spacial score (nSPS) is 19.4. The number of hydrogen-bond donors (Lipinski definition) is 1. The molecule has 1 atom stereocenters. The summed E-state index contributed by atoms with van der Waals surface area (Å²) in [5.41, 5.74) is 8.79. The van der Waals surface area contributed by atoms with Crippen LogP contribution >= 0.6 is 0 Å². The van der Waals surface area contributed by atoms with Gasteiger partial charge in [-0.2, -0.15) is 0 Å². The van der Waals surface area contributed by atoms with Crippen LogP contribution in [-0.2, 0) is 10.2 Å². The van der Waals surface area contributed by atoms with E-state index in [0.29, 0.717) is 17.9 Å². The Morgan fingerprint density at radius 2 is 2.19 bits per heavy atom. The number of nitrogens with two attached hydrogens (primary N) is 1. The van der Waals surface area contributed by atoms with Gasteiger partial charge in [-0.25, -0.2) is 0 Å². The quantitative estimate of drug-likeness (QED) is 0.825. The van der Waals surface area contributed by atoms with Crippen LogP contribution in [0.15, 0.2) is 24.3 Å². The molecule has 2 rings (SSSR count). The van der Waals surface area contributed by atoms with E-state index in [-0.39, 0.29) is 0 Å². The van der Waals surface area contributed by atoms with E-state index in [0.717, 1.165) is 6.61 Å². The predicted molar refractivity (Wildman–Crippen MR) is 66.7 cm³/mol. The van der Waals surface area contributed by atoms with Crippen LogP contribution < -0.4 is 5.73 Å². The van der Waals surface area contributed by atoms with Gasteiger partial charge in [-0.15, -0.1) is 0 Å². The van der Waals surface area contributed by atoms with Gasteiger partial charge < -0.3 is 10.5 Å². The maximum absolute atomic E-state index is 5.71. The highest BCUT2D eigenvalue weighted by Crippen LogP contribution is 2.48. The minimum Gasteiger partial charge on any atom is -0.384 e. The molecule has 88 valence electrons. The fourth-order valence-electron chi connectivity index (χ4n) is 2.25. The fourth-order valence-corrected chi connectivity index (χ4v) is 2.25. The lowest BCUT2D eigenvalue weighted by Gasteiger charge is -2.17. The van der Waals surface area contributed by atoms with Crippen molar-refractivity contribution >= 4 is 0 Å². The van der Waals surface area contributed by atoms with Gasteiger partial charge in [-0.3, -0.25) is 0 Å². The molecule has 16 heavy (non-hydrogen) atoms. The van der Waals surface area contributed by atoms with Crippen molar-refractivity contribution in [3.8, 4) is 0 Å². The van der Waals surface area contributed by atoms with Crippen molar-refractivity contribution in [2.75, 3.05) is 20.3 Å². The molecule has 0 heterocycles. The van der Waals surface area contributed by atoms with E-state index < -0.39 is 0 Å². The van der Waals surface area contributed by atoms with Crippen LogP contribution in [0.5, 0.6) is 0 Å². The molecule has 1 saturated carbocycles. The van der Waals surface area contributed by atoms with Gasteiger partial charge in [-0.1, -0.05) is 31.2 Å². The summed E-state index contributed by atoms with van der Waals surface area (Å²) in [4.78, 5) is 0. The Morgan fingerprint density at radius 3 is 2.75 bits per heavy atom. The molecule has 0 aromatic heterocycles. The van der Waals surface area contributed by atoms with Crippen LogP contribution in [0.4, 0.5) is 0 Å². The molecule has 2 N–H and O–H groups in total. The summed E-state index contributed by atoms with van der Waals surface area (Å²) in [5, 5.41) is 0. The zero-order valence-corrected chi connectivity index (χ0v) is 10.2. The molecular formula is C14H21NO. The Kier molecular flexibility index (Phi) is 3.31. The maximum Gasteiger partial charge on any atom is 0.0559 e. The predicted octanol–water partition coefficient (Wildman–Crippen LogP) is 2.43. The standard InChI is InChI=1S/C14H21NO/c1-11(9-15)12-4-3-5-13(8-12)14(6-7-14)10-16-2/h3-5,8,11H,6-7,9-10,15H2,1-2H3. The first-order valence-corrected chi connectivity index (χ1v) is 6.01. The Bertz CT molecular complexity index is 358. The van der Waals surface area contributed by atoms with Crippen molar-refractivity contribution in [2.45, 2.75) is 31.1 Å². The molecule has 0 bridgehead atoms. The Balaban J connectivity index is 2.22. The summed E-state index contributed by atoms with van der Waals surface area (Å²) in [7, 11) is 1.78. The zero-order chi connectivity index (χ0) is 11.6. The smallest absolute Gasteiger partial charge is 0.0559 e. The average Bonchev–Trinajstić information content (AvgIpc) is 3.10. The van der Waals surface area contributed by atoms with E-state index >= 15 is 0 Å². The van der Waals surface area contributed by atoms with E-state index in [1.54, 1.807) is 7.11 Å². The van der Waals surface area contributed by atoms with Crippen molar-refractivity contribution in [3.05, 3.63) is 35.4 Å². The van der Waals surface area contributed by atoms with E-state index in [1.165, 1.54) is 24.0 Å². The SMILES string of the molecule is COCC1(c2cccc(C(C)CN)c2)CC1. The van der Waals surface area contributed by atoms with Crippen LogP contribution in [-0.4, -0.2) is 20.3 Å². The van der Waals surface area contributed by atoms with E-state index in [1.807, 2.05) is 0 Å². The zero-order valence-electron chi connectivity index (χ0n) is 10.2. The lowest BCUT2D eigenvalue weighted by molar-refractivity contribution is 0.171. The average molecular weight is 219 g/mol. The molecule has 1 fully saturated rings.